The lowest BCUT2D eigenvalue weighted by molar-refractivity contribution is -0.122. The van der Waals surface area contributed by atoms with Gasteiger partial charge in [0.15, 0.2) is 0 Å². The molecule has 1 saturated heterocycles. The zero-order valence-corrected chi connectivity index (χ0v) is 20.1. The highest BCUT2D eigenvalue weighted by molar-refractivity contribution is 6.00. The van der Waals surface area contributed by atoms with Gasteiger partial charge in [-0.25, -0.2) is 0 Å². The van der Waals surface area contributed by atoms with Crippen LogP contribution in [0.4, 0.5) is 0 Å². The van der Waals surface area contributed by atoms with Crippen molar-refractivity contribution < 1.29 is 19.4 Å². The predicted octanol–water partition coefficient (Wildman–Crippen LogP) is 2.67. The van der Waals surface area contributed by atoms with Gasteiger partial charge in [-0.3, -0.25) is 9.59 Å². The Balaban J connectivity index is 1.56. The SMILES string of the molecule is CCN(CC(=O)NC[C@H](C)O)C(=O)c1ccc2c(c1)c1c(n2C)CCC(C2CCOCC2)C1. The second-order valence-corrected chi connectivity index (χ2v) is 9.64. The van der Waals surface area contributed by atoms with E-state index in [0.717, 1.165) is 44.8 Å². The average molecular weight is 456 g/mol. The number of aryl methyl sites for hydroxylation is 1. The van der Waals surface area contributed by atoms with E-state index in [9.17, 15) is 14.7 Å². The molecule has 0 spiro atoms. The first-order valence-corrected chi connectivity index (χ1v) is 12.3. The standard InChI is InChI=1S/C26H37N3O4/c1-4-29(16-25(31)27-15-17(2)30)26(32)20-6-8-24-22(14-20)21-13-19(5-7-23(21)28(24)3)18-9-11-33-12-10-18/h6,8,14,17-19,30H,4-5,7,9-13,15-16H2,1-3H3,(H,27,31)/t17-,19?/m0/s1. The number of hydrogen-bond donors (Lipinski definition) is 2. The van der Waals surface area contributed by atoms with Crippen LogP contribution in [-0.4, -0.2) is 65.3 Å². The molecule has 1 fully saturated rings. The number of fused-ring (bicyclic) bond motifs is 3. The van der Waals surface area contributed by atoms with Crippen molar-refractivity contribution >= 4 is 22.7 Å². The molecule has 1 aliphatic carbocycles. The number of rotatable bonds is 7. The minimum absolute atomic E-state index is 0.0151. The minimum Gasteiger partial charge on any atom is -0.392 e. The summed E-state index contributed by atoms with van der Waals surface area (Å²) in [5.41, 5.74) is 4.57. The molecule has 7 heteroatoms. The predicted molar refractivity (Wildman–Crippen MR) is 128 cm³/mol. The van der Waals surface area contributed by atoms with Gasteiger partial charge in [-0.15, -0.1) is 0 Å². The highest BCUT2D eigenvalue weighted by Crippen LogP contribution is 2.39. The molecule has 2 aromatic rings. The molecule has 0 radical (unpaired) electrons. The van der Waals surface area contributed by atoms with Crippen molar-refractivity contribution in [3.8, 4) is 0 Å². The summed E-state index contributed by atoms with van der Waals surface area (Å²) >= 11 is 0. The third kappa shape index (κ3) is 5.09. The van der Waals surface area contributed by atoms with Crippen LogP contribution >= 0.6 is 0 Å². The van der Waals surface area contributed by atoms with E-state index in [-0.39, 0.29) is 24.9 Å². The van der Waals surface area contributed by atoms with Gasteiger partial charge in [0, 0.05) is 55.5 Å². The van der Waals surface area contributed by atoms with E-state index in [0.29, 0.717) is 18.0 Å². The van der Waals surface area contributed by atoms with Gasteiger partial charge in [0.25, 0.3) is 5.91 Å². The Kier molecular flexibility index (Phi) is 7.39. The Hall–Kier alpha value is -2.38. The zero-order chi connectivity index (χ0) is 23.5. The van der Waals surface area contributed by atoms with Gasteiger partial charge in [-0.2, -0.15) is 0 Å². The summed E-state index contributed by atoms with van der Waals surface area (Å²) in [4.78, 5) is 27.0. The van der Waals surface area contributed by atoms with E-state index in [1.807, 2.05) is 25.1 Å². The fourth-order valence-corrected chi connectivity index (χ4v) is 5.53. The third-order valence-electron chi connectivity index (χ3n) is 7.43. The lowest BCUT2D eigenvalue weighted by atomic mass is 9.75. The van der Waals surface area contributed by atoms with Crippen molar-refractivity contribution in [2.75, 3.05) is 32.8 Å². The Labute approximate surface area is 196 Å². The first kappa shape index (κ1) is 23.8. The van der Waals surface area contributed by atoms with E-state index >= 15 is 0 Å². The molecule has 2 N–H and O–H groups in total. The van der Waals surface area contributed by atoms with E-state index in [2.05, 4.69) is 16.9 Å². The monoisotopic (exact) mass is 455 g/mol. The molecule has 2 aliphatic rings. The van der Waals surface area contributed by atoms with Crippen molar-refractivity contribution in [3.63, 3.8) is 0 Å². The molecule has 7 nitrogen and oxygen atoms in total. The van der Waals surface area contributed by atoms with Crippen LogP contribution in [0, 0.1) is 11.8 Å². The number of carbonyl (C=O) groups excluding carboxylic acids is 2. The molecule has 1 unspecified atom stereocenters. The number of aromatic nitrogens is 1. The maximum Gasteiger partial charge on any atom is 0.254 e. The maximum atomic E-state index is 13.3. The van der Waals surface area contributed by atoms with Gasteiger partial charge in [0.1, 0.15) is 0 Å². The fourth-order valence-electron chi connectivity index (χ4n) is 5.53. The van der Waals surface area contributed by atoms with Crippen LogP contribution in [0.2, 0.25) is 0 Å². The number of amides is 2. The largest absolute Gasteiger partial charge is 0.392 e. The summed E-state index contributed by atoms with van der Waals surface area (Å²) in [6, 6.07) is 5.95. The Morgan fingerprint density at radius 3 is 2.70 bits per heavy atom. The van der Waals surface area contributed by atoms with Crippen LogP contribution in [0.3, 0.4) is 0 Å². The molecule has 33 heavy (non-hydrogen) atoms. The summed E-state index contributed by atoms with van der Waals surface area (Å²) in [5.74, 6) is 1.00. The molecule has 0 bridgehead atoms. The number of nitrogens with one attached hydrogen (secondary N) is 1. The number of aliphatic hydroxyl groups is 1. The molecule has 2 heterocycles. The summed E-state index contributed by atoms with van der Waals surface area (Å²) in [6.07, 6.45) is 5.05. The van der Waals surface area contributed by atoms with Gasteiger partial charge in [-0.1, -0.05) is 0 Å². The molecule has 1 aliphatic heterocycles. The van der Waals surface area contributed by atoms with Crippen molar-refractivity contribution in [2.45, 2.75) is 52.1 Å². The second kappa shape index (κ2) is 10.3. The van der Waals surface area contributed by atoms with Gasteiger partial charge in [0.2, 0.25) is 5.91 Å². The molecule has 180 valence electrons. The summed E-state index contributed by atoms with van der Waals surface area (Å²) in [5, 5.41) is 13.2. The van der Waals surface area contributed by atoms with Gasteiger partial charge in [-0.05, 0) is 81.5 Å². The molecule has 1 aromatic heterocycles. The summed E-state index contributed by atoms with van der Waals surface area (Å²) in [7, 11) is 2.13. The number of hydrogen-bond acceptors (Lipinski definition) is 4. The first-order valence-electron chi connectivity index (χ1n) is 12.3. The van der Waals surface area contributed by atoms with Crippen LogP contribution < -0.4 is 5.32 Å². The first-order chi connectivity index (χ1) is 15.9. The Morgan fingerprint density at radius 2 is 2.00 bits per heavy atom. The van der Waals surface area contributed by atoms with Crippen molar-refractivity contribution in [1.82, 2.24) is 14.8 Å². The van der Waals surface area contributed by atoms with Crippen LogP contribution in [0.25, 0.3) is 10.9 Å². The van der Waals surface area contributed by atoms with E-state index in [4.69, 9.17) is 4.74 Å². The quantitative estimate of drug-likeness (QED) is 0.672. The molecule has 4 rings (SSSR count). The van der Waals surface area contributed by atoms with E-state index in [1.165, 1.54) is 28.6 Å². The second-order valence-electron chi connectivity index (χ2n) is 9.64. The number of benzene rings is 1. The highest BCUT2D eigenvalue weighted by atomic mass is 16.5. The van der Waals surface area contributed by atoms with Gasteiger partial charge < -0.3 is 24.6 Å². The molecule has 2 amide bonds. The third-order valence-corrected chi connectivity index (χ3v) is 7.43. The minimum atomic E-state index is -0.614. The van der Waals surface area contributed by atoms with Crippen molar-refractivity contribution in [3.05, 3.63) is 35.0 Å². The molecular weight excluding hydrogens is 418 g/mol. The normalized spacial score (nSPS) is 19.8. The highest BCUT2D eigenvalue weighted by Gasteiger charge is 2.31. The van der Waals surface area contributed by atoms with E-state index in [1.54, 1.807) is 11.8 Å². The maximum absolute atomic E-state index is 13.3. The topological polar surface area (TPSA) is 83.8 Å². The lowest BCUT2D eigenvalue weighted by Crippen LogP contribution is -2.42. The van der Waals surface area contributed by atoms with Crippen molar-refractivity contribution in [2.24, 2.45) is 18.9 Å². The van der Waals surface area contributed by atoms with E-state index < -0.39 is 6.10 Å². The van der Waals surface area contributed by atoms with Gasteiger partial charge >= 0.3 is 0 Å². The van der Waals surface area contributed by atoms with Crippen LogP contribution in [0.1, 0.15) is 54.7 Å². The molecule has 1 aromatic carbocycles. The summed E-state index contributed by atoms with van der Waals surface area (Å²) in [6.45, 7) is 5.85. The number of carbonyl (C=O) groups is 2. The molecule has 0 saturated carbocycles. The summed E-state index contributed by atoms with van der Waals surface area (Å²) < 4.78 is 7.87. The molecule has 2 atom stereocenters. The number of nitrogens with zero attached hydrogens (tertiary/aromatic N) is 2. The average Bonchev–Trinajstić information content (AvgIpc) is 3.12. The Bertz CT molecular complexity index is 1010. The fraction of sp³-hybridized carbons (Fsp3) is 0.615. The Morgan fingerprint density at radius 1 is 1.24 bits per heavy atom. The zero-order valence-electron chi connectivity index (χ0n) is 20.1. The van der Waals surface area contributed by atoms with Crippen LogP contribution in [0.15, 0.2) is 18.2 Å². The van der Waals surface area contributed by atoms with Gasteiger partial charge in [0.05, 0.1) is 12.6 Å². The van der Waals surface area contributed by atoms with Crippen LogP contribution in [-0.2, 0) is 29.4 Å². The lowest BCUT2D eigenvalue weighted by Gasteiger charge is -2.33. The number of likely N-dealkylation sites (N-methyl/N-ethyl adjacent to an activating group) is 1. The van der Waals surface area contributed by atoms with Crippen molar-refractivity contribution in [1.29, 1.82) is 0 Å². The number of ether oxygens (including phenoxy) is 1. The smallest absolute Gasteiger partial charge is 0.254 e. The molecular formula is C26H37N3O4. The van der Waals surface area contributed by atoms with Crippen LogP contribution in [0.5, 0.6) is 0 Å². The number of aliphatic hydroxyl groups excluding tert-OH is 1.